The van der Waals surface area contributed by atoms with Gasteiger partial charge in [-0.05, 0) is 30.2 Å². The van der Waals surface area contributed by atoms with Crippen molar-refractivity contribution in [3.05, 3.63) is 71.0 Å². The summed E-state index contributed by atoms with van der Waals surface area (Å²) in [7, 11) is 0. The van der Waals surface area contributed by atoms with Crippen LogP contribution in [0.4, 0.5) is 4.39 Å². The molecule has 22 heavy (non-hydrogen) atoms. The molecule has 4 heteroatoms. The van der Waals surface area contributed by atoms with E-state index in [2.05, 4.69) is 29.5 Å². The fraction of sp³-hybridized carbons (Fsp3) is 0.278. The number of hydrogen-bond donors (Lipinski definition) is 1. The monoisotopic (exact) mass is 298 g/mol. The van der Waals surface area contributed by atoms with Gasteiger partial charge >= 0.3 is 0 Å². The molecule has 114 valence electrons. The Kier molecular flexibility index (Phi) is 4.49. The summed E-state index contributed by atoms with van der Waals surface area (Å²) in [5, 5.41) is 7.54. The first-order valence-electron chi connectivity index (χ1n) is 7.46. The van der Waals surface area contributed by atoms with Gasteiger partial charge in [0.2, 0.25) is 0 Å². The molecule has 3 rings (SSSR count). The maximum atomic E-state index is 12.8. The Hall–Kier alpha value is -2.20. The lowest BCUT2D eigenvalue weighted by Gasteiger charge is -2.10. The van der Waals surface area contributed by atoms with Gasteiger partial charge in [-0.15, -0.1) is 0 Å². The molecule has 0 spiro atoms. The predicted molar refractivity (Wildman–Crippen MR) is 85.3 cm³/mol. The lowest BCUT2D eigenvalue weighted by atomic mass is 10.0. The Morgan fingerprint density at radius 1 is 1.18 bits per heavy atom. The summed E-state index contributed by atoms with van der Waals surface area (Å²) in [4.78, 5) is 5.50. The number of hydrogen-bond acceptors (Lipinski definition) is 3. The highest BCUT2D eigenvalue weighted by atomic mass is 19.1. The van der Waals surface area contributed by atoms with Crippen LogP contribution < -0.4 is 5.32 Å². The molecule has 0 bridgehead atoms. The van der Waals surface area contributed by atoms with Crippen LogP contribution in [0, 0.1) is 12.7 Å². The molecule has 1 aliphatic rings. The molecule has 0 amide bonds. The minimum Gasteiger partial charge on any atom is -0.390 e. The van der Waals surface area contributed by atoms with Crippen molar-refractivity contribution in [2.24, 2.45) is 5.16 Å². The molecule has 0 aromatic heterocycles. The van der Waals surface area contributed by atoms with E-state index < -0.39 is 0 Å². The van der Waals surface area contributed by atoms with Crippen LogP contribution in [0.25, 0.3) is 0 Å². The maximum absolute atomic E-state index is 12.8. The molecule has 2 aromatic carbocycles. The predicted octanol–water partition coefficient (Wildman–Crippen LogP) is 3.42. The number of nitrogens with zero attached hydrogens (tertiary/aromatic N) is 1. The molecule has 0 aliphatic carbocycles. The lowest BCUT2D eigenvalue weighted by Crippen LogP contribution is -2.26. The molecular weight excluding hydrogens is 279 g/mol. The van der Waals surface area contributed by atoms with Gasteiger partial charge in [-0.1, -0.05) is 41.6 Å². The first kappa shape index (κ1) is 14.7. The van der Waals surface area contributed by atoms with Crippen LogP contribution in [0.3, 0.4) is 0 Å². The van der Waals surface area contributed by atoms with Gasteiger partial charge in [-0.2, -0.15) is 0 Å². The van der Waals surface area contributed by atoms with E-state index in [1.807, 2.05) is 12.1 Å². The summed E-state index contributed by atoms with van der Waals surface area (Å²) >= 11 is 0. The minimum absolute atomic E-state index is 0.0510. The number of nitrogens with one attached hydrogen (secondary N) is 1. The lowest BCUT2D eigenvalue weighted by molar-refractivity contribution is 0.0848. The van der Waals surface area contributed by atoms with Gasteiger partial charge in [0.15, 0.2) is 0 Å². The molecule has 1 heterocycles. The molecule has 0 fully saturated rings. The fourth-order valence-electron chi connectivity index (χ4n) is 2.57. The van der Waals surface area contributed by atoms with Gasteiger partial charge in [0, 0.05) is 25.1 Å². The molecule has 1 aliphatic heterocycles. The number of rotatable bonds is 5. The SMILES string of the molecule is Cc1ccccc1C1=NO[C@H](CNCc2ccc(F)cc2)C1. The van der Waals surface area contributed by atoms with Crippen molar-refractivity contribution in [1.82, 2.24) is 5.32 Å². The standard InChI is InChI=1S/C18H19FN2O/c1-13-4-2-3-5-17(13)18-10-16(22-21-18)12-20-11-14-6-8-15(19)9-7-14/h2-9,16,20H,10-12H2,1H3/t16-/m0/s1. The van der Waals surface area contributed by atoms with E-state index in [1.54, 1.807) is 12.1 Å². The summed E-state index contributed by atoms with van der Waals surface area (Å²) in [6.45, 7) is 3.49. The van der Waals surface area contributed by atoms with Crippen molar-refractivity contribution >= 4 is 5.71 Å². The highest BCUT2D eigenvalue weighted by Gasteiger charge is 2.22. The van der Waals surface area contributed by atoms with E-state index in [0.717, 1.165) is 29.8 Å². The van der Waals surface area contributed by atoms with Gasteiger partial charge in [-0.25, -0.2) is 4.39 Å². The van der Waals surface area contributed by atoms with Crippen LogP contribution in [0.2, 0.25) is 0 Å². The molecule has 0 saturated carbocycles. The second kappa shape index (κ2) is 6.71. The zero-order valence-electron chi connectivity index (χ0n) is 12.6. The molecular formula is C18H19FN2O. The van der Waals surface area contributed by atoms with Gasteiger partial charge < -0.3 is 10.2 Å². The summed E-state index contributed by atoms with van der Waals surface area (Å²) in [5.41, 5.74) is 4.43. The Labute approximate surface area is 129 Å². The van der Waals surface area contributed by atoms with E-state index in [1.165, 1.54) is 17.7 Å². The van der Waals surface area contributed by atoms with E-state index in [9.17, 15) is 4.39 Å². The van der Waals surface area contributed by atoms with Gasteiger partial charge in [0.05, 0.1) is 5.71 Å². The highest BCUT2D eigenvalue weighted by molar-refractivity contribution is 6.02. The zero-order valence-corrected chi connectivity index (χ0v) is 12.6. The van der Waals surface area contributed by atoms with Crippen molar-refractivity contribution in [2.45, 2.75) is 26.0 Å². The van der Waals surface area contributed by atoms with Crippen LogP contribution in [-0.4, -0.2) is 18.4 Å². The molecule has 0 unspecified atom stereocenters. The average molecular weight is 298 g/mol. The molecule has 0 radical (unpaired) electrons. The van der Waals surface area contributed by atoms with Gasteiger partial charge in [0.25, 0.3) is 0 Å². The first-order valence-corrected chi connectivity index (χ1v) is 7.46. The second-order valence-corrected chi connectivity index (χ2v) is 5.54. The van der Waals surface area contributed by atoms with Crippen LogP contribution in [0.5, 0.6) is 0 Å². The number of oxime groups is 1. The average Bonchev–Trinajstić information content (AvgIpc) is 2.98. The Morgan fingerprint density at radius 3 is 2.73 bits per heavy atom. The maximum Gasteiger partial charge on any atom is 0.145 e. The third kappa shape index (κ3) is 3.52. The number of benzene rings is 2. The summed E-state index contributed by atoms with van der Waals surface area (Å²) < 4.78 is 12.8. The van der Waals surface area contributed by atoms with Crippen molar-refractivity contribution in [2.75, 3.05) is 6.54 Å². The minimum atomic E-state index is -0.209. The summed E-state index contributed by atoms with van der Waals surface area (Å²) in [6, 6.07) is 14.7. The largest absolute Gasteiger partial charge is 0.390 e. The molecule has 0 saturated heterocycles. The zero-order chi connectivity index (χ0) is 15.4. The van der Waals surface area contributed by atoms with Gasteiger partial charge in [-0.3, -0.25) is 0 Å². The smallest absolute Gasteiger partial charge is 0.145 e. The molecule has 1 atom stereocenters. The third-order valence-corrected chi connectivity index (χ3v) is 3.80. The number of aryl methyl sites for hydroxylation is 1. The van der Waals surface area contributed by atoms with E-state index in [0.29, 0.717) is 6.54 Å². The van der Waals surface area contributed by atoms with E-state index in [4.69, 9.17) is 4.84 Å². The topological polar surface area (TPSA) is 33.6 Å². The van der Waals surface area contributed by atoms with Crippen molar-refractivity contribution in [1.29, 1.82) is 0 Å². The Balaban J connectivity index is 1.48. The Bertz CT molecular complexity index is 667. The molecule has 3 nitrogen and oxygen atoms in total. The molecule has 1 N–H and O–H groups in total. The summed E-state index contributed by atoms with van der Waals surface area (Å²) in [5.74, 6) is -0.209. The van der Waals surface area contributed by atoms with Crippen molar-refractivity contribution in [3.8, 4) is 0 Å². The van der Waals surface area contributed by atoms with Crippen LogP contribution in [0.1, 0.15) is 23.1 Å². The van der Waals surface area contributed by atoms with E-state index >= 15 is 0 Å². The van der Waals surface area contributed by atoms with Crippen LogP contribution in [0.15, 0.2) is 53.7 Å². The first-order chi connectivity index (χ1) is 10.7. The van der Waals surface area contributed by atoms with Crippen molar-refractivity contribution < 1.29 is 9.23 Å². The highest BCUT2D eigenvalue weighted by Crippen LogP contribution is 2.19. The molecule has 2 aromatic rings. The summed E-state index contributed by atoms with van der Waals surface area (Å²) in [6.07, 6.45) is 0.858. The second-order valence-electron chi connectivity index (χ2n) is 5.54. The third-order valence-electron chi connectivity index (χ3n) is 3.80. The normalized spacial score (nSPS) is 17.2. The fourth-order valence-corrected chi connectivity index (χ4v) is 2.57. The van der Waals surface area contributed by atoms with Gasteiger partial charge in [0.1, 0.15) is 11.9 Å². The quantitative estimate of drug-likeness (QED) is 0.917. The van der Waals surface area contributed by atoms with Crippen molar-refractivity contribution in [3.63, 3.8) is 0 Å². The van der Waals surface area contributed by atoms with E-state index in [-0.39, 0.29) is 11.9 Å². The van der Waals surface area contributed by atoms with Crippen LogP contribution in [-0.2, 0) is 11.4 Å². The number of halogens is 1. The van der Waals surface area contributed by atoms with Crippen LogP contribution >= 0.6 is 0 Å². The Morgan fingerprint density at radius 2 is 1.95 bits per heavy atom.